The molecular formula is C27H22N4O3S. The lowest BCUT2D eigenvalue weighted by Gasteiger charge is -2.15. The minimum Gasteiger partial charge on any atom is -0.449 e. The molecule has 5 aromatic rings. The monoisotopic (exact) mass is 482 g/mol. The van der Waals surface area contributed by atoms with E-state index in [2.05, 4.69) is 44.5 Å². The molecule has 2 aromatic heterocycles. The maximum atomic E-state index is 12.8. The van der Waals surface area contributed by atoms with Gasteiger partial charge >= 0.3 is 5.97 Å². The van der Waals surface area contributed by atoms with E-state index in [9.17, 15) is 9.59 Å². The molecule has 0 bridgehead atoms. The van der Waals surface area contributed by atoms with Gasteiger partial charge in [0.2, 0.25) is 0 Å². The molecule has 0 saturated carbocycles. The van der Waals surface area contributed by atoms with E-state index in [1.807, 2.05) is 23.6 Å². The molecule has 8 heteroatoms. The zero-order valence-electron chi connectivity index (χ0n) is 18.9. The molecule has 0 aliphatic heterocycles. The Balaban J connectivity index is 1.24. The van der Waals surface area contributed by atoms with Crippen molar-refractivity contribution in [2.24, 2.45) is 0 Å². The van der Waals surface area contributed by atoms with Crippen molar-refractivity contribution >= 4 is 39.1 Å². The molecule has 35 heavy (non-hydrogen) atoms. The topological polar surface area (TPSA) is 97.0 Å². The molecule has 174 valence electrons. The van der Waals surface area contributed by atoms with Crippen LogP contribution in [0.5, 0.6) is 0 Å². The van der Waals surface area contributed by atoms with Gasteiger partial charge in [-0.2, -0.15) is 0 Å². The van der Waals surface area contributed by atoms with Crippen molar-refractivity contribution in [2.45, 2.75) is 19.4 Å². The molecule has 3 aromatic carbocycles. The van der Waals surface area contributed by atoms with E-state index in [0.29, 0.717) is 22.9 Å². The number of hydrogen-bond acceptors (Lipinski definition) is 6. The molecule has 1 amide bonds. The number of fused-ring (bicyclic) bond motifs is 1. The van der Waals surface area contributed by atoms with Gasteiger partial charge in [-0.15, -0.1) is 11.3 Å². The highest BCUT2D eigenvalue weighted by Crippen LogP contribution is 2.28. The van der Waals surface area contributed by atoms with E-state index in [4.69, 9.17) is 4.74 Å². The highest BCUT2D eigenvalue weighted by Gasteiger charge is 2.23. The zero-order chi connectivity index (χ0) is 24.2. The normalized spacial score (nSPS) is 11.8. The number of H-pyrrole nitrogens is 1. The lowest BCUT2D eigenvalue weighted by Crippen LogP contribution is -2.32. The Labute approximate surface area is 205 Å². The Kier molecular flexibility index (Phi) is 6.36. The number of hydrogen-bond donors (Lipinski definition) is 2. The highest BCUT2D eigenvalue weighted by molar-refractivity contribution is 7.14. The molecule has 0 spiro atoms. The fourth-order valence-electron chi connectivity index (χ4n) is 3.71. The molecule has 1 atom stereocenters. The summed E-state index contributed by atoms with van der Waals surface area (Å²) in [4.78, 5) is 37.2. The highest BCUT2D eigenvalue weighted by atomic mass is 32.1. The van der Waals surface area contributed by atoms with Crippen LogP contribution in [0.4, 0.5) is 5.13 Å². The number of nitrogens with one attached hydrogen (secondary N) is 2. The molecule has 0 aliphatic carbocycles. The van der Waals surface area contributed by atoms with Crippen molar-refractivity contribution < 1.29 is 14.3 Å². The number of carbonyl (C=O) groups is 2. The van der Waals surface area contributed by atoms with E-state index in [-0.39, 0.29) is 0 Å². The van der Waals surface area contributed by atoms with E-state index < -0.39 is 18.0 Å². The Bertz CT molecular complexity index is 1480. The van der Waals surface area contributed by atoms with Crippen molar-refractivity contribution in [2.75, 3.05) is 5.32 Å². The van der Waals surface area contributed by atoms with Crippen molar-refractivity contribution in [3.05, 3.63) is 90.1 Å². The van der Waals surface area contributed by atoms with Gasteiger partial charge in [0.1, 0.15) is 5.82 Å². The van der Waals surface area contributed by atoms with Gasteiger partial charge in [-0.3, -0.25) is 10.1 Å². The number of aromatic nitrogens is 3. The molecule has 5 rings (SSSR count). The molecular weight excluding hydrogens is 460 g/mol. The third-order valence-corrected chi connectivity index (χ3v) is 6.34. The van der Waals surface area contributed by atoms with Crippen LogP contribution in [0.25, 0.3) is 33.4 Å². The van der Waals surface area contributed by atoms with Gasteiger partial charge in [-0.05, 0) is 35.4 Å². The van der Waals surface area contributed by atoms with Gasteiger partial charge in [-0.25, -0.2) is 14.8 Å². The molecule has 2 N–H and O–H groups in total. The number of esters is 1. The fraction of sp³-hybridized carbons (Fsp3) is 0.111. The van der Waals surface area contributed by atoms with Crippen LogP contribution in [0.2, 0.25) is 0 Å². The summed E-state index contributed by atoms with van der Waals surface area (Å²) < 4.78 is 5.49. The van der Waals surface area contributed by atoms with E-state index in [1.54, 1.807) is 43.6 Å². The number of benzene rings is 3. The van der Waals surface area contributed by atoms with Gasteiger partial charge in [0.25, 0.3) is 5.91 Å². The van der Waals surface area contributed by atoms with Gasteiger partial charge in [-0.1, -0.05) is 55.5 Å². The van der Waals surface area contributed by atoms with Crippen molar-refractivity contribution in [3.63, 3.8) is 0 Å². The van der Waals surface area contributed by atoms with Gasteiger partial charge in [0.05, 0.1) is 11.3 Å². The molecule has 0 radical (unpaired) electrons. The number of thiazole rings is 1. The quantitative estimate of drug-likeness (QED) is 0.280. The number of amides is 1. The van der Waals surface area contributed by atoms with Gasteiger partial charge < -0.3 is 9.72 Å². The minimum absolute atomic E-state index is 0.338. The second-order valence-corrected chi connectivity index (χ2v) is 8.76. The Morgan fingerprint density at radius 1 is 1.03 bits per heavy atom. The standard InChI is InChI=1S/C27H22N4O3S/c1-2-23(34-26(33)19-10-8-18(9-11-19)24-28-13-14-29-24)25(32)31-27-30-22(16-35-27)21-12-7-17-5-3-4-6-20(17)15-21/h3-16,23H,2H2,1H3,(H,28,29)(H,30,31,32). The van der Waals surface area contributed by atoms with Crippen molar-refractivity contribution in [3.8, 4) is 22.6 Å². The first-order valence-corrected chi connectivity index (χ1v) is 12.0. The van der Waals surface area contributed by atoms with Gasteiger partial charge in [0.15, 0.2) is 11.2 Å². The Hall–Kier alpha value is -4.30. The molecule has 0 fully saturated rings. The van der Waals surface area contributed by atoms with Crippen LogP contribution < -0.4 is 5.32 Å². The summed E-state index contributed by atoms with van der Waals surface area (Å²) in [5.41, 5.74) is 2.95. The van der Waals surface area contributed by atoms with Crippen molar-refractivity contribution in [1.82, 2.24) is 15.0 Å². The summed E-state index contributed by atoms with van der Waals surface area (Å²) in [7, 11) is 0. The summed E-state index contributed by atoms with van der Waals surface area (Å²) in [5.74, 6) is -0.260. The van der Waals surface area contributed by atoms with Gasteiger partial charge in [0, 0.05) is 28.9 Å². The summed E-state index contributed by atoms with van der Waals surface area (Å²) in [6, 6.07) is 21.1. The van der Waals surface area contributed by atoms with Crippen LogP contribution >= 0.6 is 11.3 Å². The maximum absolute atomic E-state index is 12.8. The number of carbonyl (C=O) groups excluding carboxylic acids is 2. The molecule has 0 saturated heterocycles. The van der Waals surface area contributed by atoms with Crippen LogP contribution in [0.1, 0.15) is 23.7 Å². The maximum Gasteiger partial charge on any atom is 0.338 e. The van der Waals surface area contributed by atoms with Crippen LogP contribution in [0, 0.1) is 0 Å². The third-order valence-electron chi connectivity index (χ3n) is 5.58. The summed E-state index contributed by atoms with van der Waals surface area (Å²) >= 11 is 1.33. The zero-order valence-corrected chi connectivity index (χ0v) is 19.7. The van der Waals surface area contributed by atoms with E-state index >= 15 is 0 Å². The summed E-state index contributed by atoms with van der Waals surface area (Å²) in [6.07, 6.45) is 2.80. The smallest absolute Gasteiger partial charge is 0.338 e. The SMILES string of the molecule is CCC(OC(=O)c1ccc(-c2ncc[nH]2)cc1)C(=O)Nc1nc(-c2ccc3ccccc3c2)cs1. The molecule has 7 nitrogen and oxygen atoms in total. The van der Waals surface area contributed by atoms with E-state index in [0.717, 1.165) is 27.6 Å². The number of ether oxygens (including phenoxy) is 1. The molecule has 1 unspecified atom stereocenters. The second kappa shape index (κ2) is 9.90. The van der Waals surface area contributed by atoms with Crippen molar-refractivity contribution in [1.29, 1.82) is 0 Å². The summed E-state index contributed by atoms with van der Waals surface area (Å²) in [5, 5.41) is 7.41. The predicted molar refractivity (Wildman–Crippen MR) is 137 cm³/mol. The lowest BCUT2D eigenvalue weighted by atomic mass is 10.1. The first kappa shape index (κ1) is 22.5. The lowest BCUT2D eigenvalue weighted by molar-refractivity contribution is -0.124. The van der Waals surface area contributed by atoms with Crippen LogP contribution in [-0.4, -0.2) is 32.9 Å². The third kappa shape index (κ3) is 4.97. The minimum atomic E-state index is -0.930. The summed E-state index contributed by atoms with van der Waals surface area (Å²) in [6.45, 7) is 1.79. The van der Waals surface area contributed by atoms with Crippen LogP contribution in [0.15, 0.2) is 84.5 Å². The average Bonchev–Trinajstić information content (AvgIpc) is 3.60. The molecule has 0 aliphatic rings. The largest absolute Gasteiger partial charge is 0.449 e. The Morgan fingerprint density at radius 3 is 2.54 bits per heavy atom. The number of imidazole rings is 1. The fourth-order valence-corrected chi connectivity index (χ4v) is 4.43. The van der Waals surface area contributed by atoms with E-state index in [1.165, 1.54) is 11.3 Å². The first-order valence-electron chi connectivity index (χ1n) is 11.2. The second-order valence-electron chi connectivity index (χ2n) is 7.91. The predicted octanol–water partition coefficient (Wildman–Crippen LogP) is 5.93. The number of anilines is 1. The number of rotatable bonds is 7. The number of nitrogens with zero attached hydrogens (tertiary/aromatic N) is 2. The average molecular weight is 483 g/mol. The number of aromatic amines is 1. The molecule has 2 heterocycles. The van der Waals surface area contributed by atoms with Crippen LogP contribution in [-0.2, 0) is 9.53 Å². The van der Waals surface area contributed by atoms with Crippen LogP contribution in [0.3, 0.4) is 0 Å². The first-order chi connectivity index (χ1) is 17.1. The Morgan fingerprint density at radius 2 is 1.80 bits per heavy atom.